The Morgan fingerprint density at radius 1 is 1.47 bits per heavy atom. The van der Waals surface area contributed by atoms with E-state index >= 15 is 0 Å². The Labute approximate surface area is 101 Å². The van der Waals surface area contributed by atoms with Crippen LogP contribution in [-0.4, -0.2) is 42.1 Å². The second kappa shape index (κ2) is 4.29. The number of rotatable bonds is 3. The van der Waals surface area contributed by atoms with Crippen molar-refractivity contribution in [3.8, 4) is 0 Å². The Bertz CT molecular complexity index is 341. The lowest BCUT2D eigenvalue weighted by Crippen LogP contribution is -2.66. The smallest absolute Gasteiger partial charge is 0.324 e. The molecule has 2 aliphatic rings. The van der Waals surface area contributed by atoms with Crippen molar-refractivity contribution in [3.63, 3.8) is 0 Å². The van der Waals surface area contributed by atoms with Crippen LogP contribution in [0.4, 0.5) is 4.79 Å². The van der Waals surface area contributed by atoms with Crippen molar-refractivity contribution in [2.24, 2.45) is 5.41 Å². The molecular weight excluding hydrogens is 220 g/mol. The molecule has 5 nitrogen and oxygen atoms in total. The first-order valence-electron chi connectivity index (χ1n) is 6.19. The third-order valence-corrected chi connectivity index (χ3v) is 3.96. The number of carbonyl (C=O) groups excluding carboxylic acids is 2. The van der Waals surface area contributed by atoms with Crippen LogP contribution in [0.5, 0.6) is 0 Å². The monoisotopic (exact) mass is 240 g/mol. The van der Waals surface area contributed by atoms with Gasteiger partial charge in [-0.3, -0.25) is 10.1 Å². The van der Waals surface area contributed by atoms with E-state index in [2.05, 4.69) is 19.2 Å². The molecule has 0 aromatic rings. The number of hydrogen-bond donors (Lipinski definition) is 1. The highest BCUT2D eigenvalue weighted by Gasteiger charge is 2.53. The summed E-state index contributed by atoms with van der Waals surface area (Å²) in [6.07, 6.45) is 1.48. The number of urea groups is 1. The number of carbonyl (C=O) groups is 2. The van der Waals surface area contributed by atoms with Crippen LogP contribution in [0.3, 0.4) is 0 Å². The van der Waals surface area contributed by atoms with E-state index in [1.54, 1.807) is 4.90 Å². The van der Waals surface area contributed by atoms with Crippen LogP contribution in [-0.2, 0) is 9.53 Å². The highest BCUT2D eigenvalue weighted by molar-refractivity contribution is 5.96. The Morgan fingerprint density at radius 2 is 2.18 bits per heavy atom. The van der Waals surface area contributed by atoms with Crippen molar-refractivity contribution in [1.82, 2.24) is 10.2 Å². The molecule has 1 saturated carbocycles. The highest BCUT2D eigenvalue weighted by atomic mass is 16.5. The zero-order valence-electron chi connectivity index (χ0n) is 10.7. The summed E-state index contributed by atoms with van der Waals surface area (Å²) in [7, 11) is 0. The summed E-state index contributed by atoms with van der Waals surface area (Å²) in [5.41, 5.74) is -0.0340. The first-order valence-corrected chi connectivity index (χ1v) is 6.19. The zero-order chi connectivity index (χ0) is 12.6. The average molecular weight is 240 g/mol. The lowest BCUT2D eigenvalue weighted by Gasteiger charge is -2.56. The molecule has 0 aromatic heterocycles. The van der Waals surface area contributed by atoms with Crippen LogP contribution >= 0.6 is 0 Å². The third kappa shape index (κ3) is 2.04. The standard InChI is InChI=1S/C12H20N2O3/c1-4-17-9-7-8(12(9,2)3)14-6-5-10(15)13-11(14)16/h8-9H,4-7H2,1-3H3,(H,13,15,16). The number of hydrogen-bond acceptors (Lipinski definition) is 3. The fraction of sp³-hybridized carbons (Fsp3) is 0.833. The van der Waals surface area contributed by atoms with Gasteiger partial charge >= 0.3 is 6.03 Å². The van der Waals surface area contributed by atoms with Crippen LogP contribution in [0, 0.1) is 5.41 Å². The summed E-state index contributed by atoms with van der Waals surface area (Å²) in [6, 6.07) is -0.0820. The topological polar surface area (TPSA) is 58.6 Å². The minimum absolute atomic E-state index is 0.0340. The Kier molecular flexibility index (Phi) is 3.12. The van der Waals surface area contributed by atoms with E-state index in [9.17, 15) is 9.59 Å². The van der Waals surface area contributed by atoms with Gasteiger partial charge < -0.3 is 9.64 Å². The maximum atomic E-state index is 11.7. The van der Waals surface area contributed by atoms with E-state index in [0.717, 1.165) is 6.42 Å². The molecule has 2 fully saturated rings. The number of ether oxygens (including phenoxy) is 1. The Morgan fingerprint density at radius 3 is 2.71 bits per heavy atom. The van der Waals surface area contributed by atoms with Gasteiger partial charge in [0, 0.05) is 31.0 Å². The van der Waals surface area contributed by atoms with Crippen LogP contribution < -0.4 is 5.32 Å². The second-order valence-electron chi connectivity index (χ2n) is 5.31. The molecule has 2 unspecified atom stereocenters. The molecule has 0 spiro atoms. The van der Waals surface area contributed by atoms with Gasteiger partial charge in [0.25, 0.3) is 0 Å². The summed E-state index contributed by atoms with van der Waals surface area (Å²) in [6.45, 7) is 7.44. The van der Waals surface area contributed by atoms with Crippen molar-refractivity contribution in [3.05, 3.63) is 0 Å². The van der Waals surface area contributed by atoms with Gasteiger partial charge in [0.1, 0.15) is 0 Å². The minimum atomic E-state index is -0.255. The fourth-order valence-corrected chi connectivity index (χ4v) is 2.75. The van der Waals surface area contributed by atoms with Gasteiger partial charge in [-0.05, 0) is 13.3 Å². The normalized spacial score (nSPS) is 32.1. The van der Waals surface area contributed by atoms with Gasteiger partial charge in [-0.2, -0.15) is 0 Å². The first kappa shape index (κ1) is 12.4. The molecular formula is C12H20N2O3. The van der Waals surface area contributed by atoms with Crippen LogP contribution in [0.2, 0.25) is 0 Å². The molecule has 96 valence electrons. The van der Waals surface area contributed by atoms with Gasteiger partial charge in [-0.1, -0.05) is 13.8 Å². The number of nitrogens with zero attached hydrogens (tertiary/aromatic N) is 1. The Hall–Kier alpha value is -1.10. The maximum absolute atomic E-state index is 11.7. The molecule has 17 heavy (non-hydrogen) atoms. The van der Waals surface area contributed by atoms with Gasteiger partial charge in [-0.15, -0.1) is 0 Å². The quantitative estimate of drug-likeness (QED) is 0.804. The number of nitrogens with one attached hydrogen (secondary N) is 1. The average Bonchev–Trinajstić information content (AvgIpc) is 2.25. The molecule has 0 aromatic carbocycles. The van der Waals surface area contributed by atoms with Crippen molar-refractivity contribution in [1.29, 1.82) is 0 Å². The van der Waals surface area contributed by atoms with Crippen LogP contribution in [0.1, 0.15) is 33.6 Å². The lowest BCUT2D eigenvalue weighted by atomic mass is 9.63. The molecule has 1 aliphatic carbocycles. The van der Waals surface area contributed by atoms with Gasteiger partial charge in [0.05, 0.1) is 6.10 Å². The zero-order valence-corrected chi connectivity index (χ0v) is 10.7. The molecule has 2 atom stereocenters. The highest BCUT2D eigenvalue weighted by Crippen LogP contribution is 2.46. The summed E-state index contributed by atoms with van der Waals surface area (Å²) in [4.78, 5) is 24.6. The summed E-state index contributed by atoms with van der Waals surface area (Å²) in [5.74, 6) is -0.176. The summed E-state index contributed by atoms with van der Waals surface area (Å²) < 4.78 is 5.65. The number of imide groups is 1. The van der Waals surface area contributed by atoms with Crippen LogP contribution in [0.15, 0.2) is 0 Å². The predicted molar refractivity (Wildman–Crippen MR) is 62.5 cm³/mol. The van der Waals surface area contributed by atoms with Gasteiger partial charge in [0.15, 0.2) is 0 Å². The van der Waals surface area contributed by atoms with E-state index in [1.165, 1.54) is 0 Å². The van der Waals surface area contributed by atoms with E-state index in [1.807, 2.05) is 6.92 Å². The van der Waals surface area contributed by atoms with Gasteiger partial charge in [-0.25, -0.2) is 4.79 Å². The summed E-state index contributed by atoms with van der Waals surface area (Å²) >= 11 is 0. The molecule has 2 rings (SSSR count). The largest absolute Gasteiger partial charge is 0.378 e. The van der Waals surface area contributed by atoms with E-state index < -0.39 is 0 Å². The SMILES string of the molecule is CCOC1CC(N2CCC(=O)NC2=O)C1(C)C. The van der Waals surface area contributed by atoms with Crippen LogP contribution in [0.25, 0.3) is 0 Å². The van der Waals surface area contributed by atoms with Crippen molar-refractivity contribution < 1.29 is 14.3 Å². The molecule has 1 aliphatic heterocycles. The predicted octanol–water partition coefficient (Wildman–Crippen LogP) is 1.13. The maximum Gasteiger partial charge on any atom is 0.324 e. The molecule has 3 amide bonds. The molecule has 0 bridgehead atoms. The molecule has 1 N–H and O–H groups in total. The van der Waals surface area contributed by atoms with Crippen molar-refractivity contribution in [2.75, 3.05) is 13.2 Å². The first-order chi connectivity index (χ1) is 7.96. The molecule has 1 heterocycles. The molecule has 0 radical (unpaired) electrons. The fourth-order valence-electron chi connectivity index (χ4n) is 2.75. The van der Waals surface area contributed by atoms with Crippen molar-refractivity contribution >= 4 is 11.9 Å². The second-order valence-corrected chi connectivity index (χ2v) is 5.31. The molecule has 1 saturated heterocycles. The van der Waals surface area contributed by atoms with E-state index in [0.29, 0.717) is 19.6 Å². The Balaban J connectivity index is 2.01. The van der Waals surface area contributed by atoms with Gasteiger partial charge in [0.2, 0.25) is 5.91 Å². The van der Waals surface area contributed by atoms with Crippen molar-refractivity contribution in [2.45, 2.75) is 45.8 Å². The minimum Gasteiger partial charge on any atom is -0.378 e. The lowest BCUT2D eigenvalue weighted by molar-refractivity contribution is -0.144. The van der Waals surface area contributed by atoms with E-state index in [-0.39, 0.29) is 29.5 Å². The number of amides is 3. The third-order valence-electron chi connectivity index (χ3n) is 3.96. The van der Waals surface area contributed by atoms with E-state index in [4.69, 9.17) is 4.74 Å². The summed E-state index contributed by atoms with van der Waals surface area (Å²) in [5, 5.41) is 2.37. The molecule has 5 heteroatoms.